The minimum absolute atomic E-state index is 0.192. The topological polar surface area (TPSA) is 75.7 Å². The van der Waals surface area contributed by atoms with Crippen molar-refractivity contribution < 1.29 is 19.1 Å². The van der Waals surface area contributed by atoms with E-state index in [1.54, 1.807) is 31.2 Å². The van der Waals surface area contributed by atoms with Crippen LogP contribution < -0.4 is 10.2 Å². The Hall–Kier alpha value is -3.15. The van der Waals surface area contributed by atoms with Crippen LogP contribution in [0.3, 0.4) is 0 Å². The van der Waals surface area contributed by atoms with Crippen LogP contribution in [0.15, 0.2) is 54.6 Å². The number of amides is 2. The quantitative estimate of drug-likeness (QED) is 0.762. The van der Waals surface area contributed by atoms with E-state index >= 15 is 0 Å². The number of esters is 1. The molecule has 0 radical (unpaired) electrons. The number of carbonyl (C=O) groups excluding carboxylic acids is 3. The number of hydrogen-bond acceptors (Lipinski definition) is 4. The van der Waals surface area contributed by atoms with Crippen LogP contribution >= 0.6 is 0 Å². The zero-order valence-corrected chi connectivity index (χ0v) is 15.8. The zero-order valence-electron chi connectivity index (χ0n) is 15.8. The van der Waals surface area contributed by atoms with Crippen molar-refractivity contribution in [2.24, 2.45) is 0 Å². The van der Waals surface area contributed by atoms with Crippen LogP contribution in [0.4, 0.5) is 5.69 Å². The van der Waals surface area contributed by atoms with Gasteiger partial charge in [-0.25, -0.2) is 4.79 Å². The first-order chi connectivity index (χ1) is 12.9. The molecule has 0 heterocycles. The van der Waals surface area contributed by atoms with Crippen LogP contribution in [0.1, 0.15) is 42.7 Å². The average Bonchev–Trinajstić information content (AvgIpc) is 2.66. The molecule has 27 heavy (non-hydrogen) atoms. The molecule has 6 heteroatoms. The van der Waals surface area contributed by atoms with Gasteiger partial charge in [-0.2, -0.15) is 0 Å². The molecule has 0 aliphatic carbocycles. The summed E-state index contributed by atoms with van der Waals surface area (Å²) in [5, 5.41) is 2.88. The number of para-hydroxylation sites is 1. The van der Waals surface area contributed by atoms with Crippen molar-refractivity contribution in [3.8, 4) is 0 Å². The summed E-state index contributed by atoms with van der Waals surface area (Å²) in [6.45, 7) is 4.97. The summed E-state index contributed by atoms with van der Waals surface area (Å²) in [4.78, 5) is 38.1. The third-order valence-electron chi connectivity index (χ3n) is 4.05. The lowest BCUT2D eigenvalue weighted by Crippen LogP contribution is -2.41. The van der Waals surface area contributed by atoms with Crippen molar-refractivity contribution in [1.82, 2.24) is 5.32 Å². The molecule has 0 saturated carbocycles. The fourth-order valence-electron chi connectivity index (χ4n) is 2.71. The third kappa shape index (κ3) is 5.41. The molecule has 1 unspecified atom stereocenters. The standard InChI is InChI=1S/C21H24N2O4/c1-4-27-21(26)18-12-8-9-13-19(18)23(16(3)24)14-20(25)22-15(2)17-10-6-5-7-11-17/h5-13,15H,4,14H2,1-3H3,(H,22,25). The van der Waals surface area contributed by atoms with Crippen molar-refractivity contribution in [3.05, 3.63) is 65.7 Å². The van der Waals surface area contributed by atoms with Gasteiger partial charge in [0.25, 0.3) is 0 Å². The largest absolute Gasteiger partial charge is 0.462 e. The Morgan fingerprint density at radius 3 is 2.30 bits per heavy atom. The Morgan fingerprint density at radius 1 is 1.04 bits per heavy atom. The van der Waals surface area contributed by atoms with Crippen molar-refractivity contribution >= 4 is 23.5 Å². The summed E-state index contributed by atoms with van der Waals surface area (Å²) in [6, 6.07) is 15.9. The predicted molar refractivity (Wildman–Crippen MR) is 103 cm³/mol. The number of nitrogens with one attached hydrogen (secondary N) is 1. The maximum Gasteiger partial charge on any atom is 0.340 e. The van der Waals surface area contributed by atoms with Gasteiger partial charge < -0.3 is 15.0 Å². The van der Waals surface area contributed by atoms with E-state index in [-0.39, 0.29) is 36.6 Å². The van der Waals surface area contributed by atoms with Crippen LogP contribution in [0.25, 0.3) is 0 Å². The number of nitrogens with zero attached hydrogens (tertiary/aromatic N) is 1. The van der Waals surface area contributed by atoms with E-state index in [1.807, 2.05) is 37.3 Å². The molecule has 2 rings (SSSR count). The predicted octanol–water partition coefficient (Wildman–Crippen LogP) is 3.09. The second-order valence-corrected chi connectivity index (χ2v) is 6.04. The van der Waals surface area contributed by atoms with E-state index in [1.165, 1.54) is 11.8 Å². The van der Waals surface area contributed by atoms with E-state index < -0.39 is 5.97 Å². The van der Waals surface area contributed by atoms with E-state index in [9.17, 15) is 14.4 Å². The minimum Gasteiger partial charge on any atom is -0.462 e. The van der Waals surface area contributed by atoms with Gasteiger partial charge in [0.1, 0.15) is 6.54 Å². The highest BCUT2D eigenvalue weighted by atomic mass is 16.5. The van der Waals surface area contributed by atoms with Crippen molar-refractivity contribution in [1.29, 1.82) is 0 Å². The molecular weight excluding hydrogens is 344 g/mol. The first-order valence-corrected chi connectivity index (χ1v) is 8.82. The second-order valence-electron chi connectivity index (χ2n) is 6.04. The summed E-state index contributed by atoms with van der Waals surface area (Å²) < 4.78 is 5.05. The molecule has 142 valence electrons. The van der Waals surface area contributed by atoms with Gasteiger partial charge in [0.05, 0.1) is 23.9 Å². The SMILES string of the molecule is CCOC(=O)c1ccccc1N(CC(=O)NC(C)c1ccccc1)C(C)=O. The Balaban J connectivity index is 2.18. The molecular formula is C21H24N2O4. The minimum atomic E-state index is -0.530. The molecule has 0 aromatic heterocycles. The highest BCUT2D eigenvalue weighted by molar-refractivity contribution is 6.04. The Bertz CT molecular complexity index is 805. The lowest BCUT2D eigenvalue weighted by atomic mass is 10.1. The zero-order chi connectivity index (χ0) is 19.8. The van der Waals surface area contributed by atoms with Gasteiger partial charge in [-0.1, -0.05) is 42.5 Å². The van der Waals surface area contributed by atoms with E-state index in [2.05, 4.69) is 5.32 Å². The molecule has 0 bridgehead atoms. The summed E-state index contributed by atoms with van der Waals surface area (Å²) in [5.41, 5.74) is 1.57. The monoisotopic (exact) mass is 368 g/mol. The molecule has 2 aromatic rings. The first-order valence-electron chi connectivity index (χ1n) is 8.82. The van der Waals surface area contributed by atoms with Gasteiger partial charge in [-0.05, 0) is 31.5 Å². The molecule has 0 aliphatic rings. The molecule has 1 atom stereocenters. The van der Waals surface area contributed by atoms with Crippen LogP contribution in [0, 0.1) is 0 Å². The lowest BCUT2D eigenvalue weighted by molar-refractivity contribution is -0.123. The molecule has 1 N–H and O–H groups in total. The second kappa shape index (κ2) is 9.52. The van der Waals surface area contributed by atoms with Crippen LogP contribution in [0.2, 0.25) is 0 Å². The third-order valence-corrected chi connectivity index (χ3v) is 4.05. The van der Waals surface area contributed by atoms with E-state index in [0.717, 1.165) is 5.56 Å². The van der Waals surface area contributed by atoms with Gasteiger partial charge in [-0.3, -0.25) is 9.59 Å². The van der Waals surface area contributed by atoms with Crippen LogP contribution in [-0.2, 0) is 14.3 Å². The number of ether oxygens (including phenoxy) is 1. The molecule has 2 aromatic carbocycles. The van der Waals surface area contributed by atoms with Gasteiger partial charge in [0.2, 0.25) is 11.8 Å². The van der Waals surface area contributed by atoms with Crippen molar-refractivity contribution in [3.63, 3.8) is 0 Å². The summed E-state index contributed by atoms with van der Waals surface area (Å²) in [6.07, 6.45) is 0. The number of carbonyl (C=O) groups is 3. The number of rotatable bonds is 7. The molecule has 0 aliphatic heterocycles. The Morgan fingerprint density at radius 2 is 1.67 bits per heavy atom. The summed E-state index contributed by atoms with van der Waals surface area (Å²) in [7, 11) is 0. The number of benzene rings is 2. The molecule has 0 spiro atoms. The fourth-order valence-corrected chi connectivity index (χ4v) is 2.71. The van der Waals surface area contributed by atoms with E-state index in [0.29, 0.717) is 5.69 Å². The van der Waals surface area contributed by atoms with Gasteiger partial charge in [0, 0.05) is 6.92 Å². The Kier molecular flexibility index (Phi) is 7.11. The first kappa shape index (κ1) is 20.2. The fraction of sp³-hybridized carbons (Fsp3) is 0.286. The van der Waals surface area contributed by atoms with Gasteiger partial charge in [0.15, 0.2) is 0 Å². The molecule has 2 amide bonds. The maximum absolute atomic E-state index is 12.5. The van der Waals surface area contributed by atoms with Crippen LogP contribution in [-0.4, -0.2) is 30.9 Å². The summed E-state index contributed by atoms with van der Waals surface area (Å²) in [5.74, 6) is -1.19. The number of anilines is 1. The summed E-state index contributed by atoms with van der Waals surface area (Å²) >= 11 is 0. The molecule has 6 nitrogen and oxygen atoms in total. The highest BCUT2D eigenvalue weighted by Gasteiger charge is 2.22. The van der Waals surface area contributed by atoms with Gasteiger partial charge in [-0.15, -0.1) is 0 Å². The maximum atomic E-state index is 12.5. The van der Waals surface area contributed by atoms with Crippen molar-refractivity contribution in [2.45, 2.75) is 26.8 Å². The van der Waals surface area contributed by atoms with Gasteiger partial charge >= 0.3 is 5.97 Å². The number of hydrogen-bond donors (Lipinski definition) is 1. The van der Waals surface area contributed by atoms with E-state index in [4.69, 9.17) is 4.74 Å². The molecule has 0 saturated heterocycles. The average molecular weight is 368 g/mol. The normalized spacial score (nSPS) is 11.4. The highest BCUT2D eigenvalue weighted by Crippen LogP contribution is 2.22. The van der Waals surface area contributed by atoms with Crippen LogP contribution in [0.5, 0.6) is 0 Å². The lowest BCUT2D eigenvalue weighted by Gasteiger charge is -2.24. The van der Waals surface area contributed by atoms with Crippen molar-refractivity contribution in [2.75, 3.05) is 18.1 Å². The smallest absolute Gasteiger partial charge is 0.340 e. The Labute approximate surface area is 159 Å². The molecule has 0 fully saturated rings.